The highest BCUT2D eigenvalue weighted by atomic mass is 32.1. The Bertz CT molecular complexity index is 581. The third kappa shape index (κ3) is 2.07. The fraction of sp³-hybridized carbons (Fsp3) is 0.167. The topological polar surface area (TPSA) is 89.4 Å². The lowest BCUT2D eigenvalue weighted by Crippen LogP contribution is -2.11. The average molecular weight is 264 g/mol. The van der Waals surface area contributed by atoms with Crippen LogP contribution in [0.15, 0.2) is 29.6 Å². The van der Waals surface area contributed by atoms with Crippen LogP contribution in [0.4, 0.5) is 5.69 Å². The van der Waals surface area contributed by atoms with Crippen molar-refractivity contribution in [2.75, 3.05) is 0 Å². The van der Waals surface area contributed by atoms with Gasteiger partial charge in [0.05, 0.1) is 11.0 Å². The second kappa shape index (κ2) is 4.75. The van der Waals surface area contributed by atoms with Gasteiger partial charge in [-0.1, -0.05) is 18.2 Å². The van der Waals surface area contributed by atoms with Crippen molar-refractivity contribution in [1.29, 1.82) is 0 Å². The number of phenols is 1. The first kappa shape index (κ1) is 12.5. The quantitative estimate of drug-likeness (QED) is 0.658. The first-order valence-corrected chi connectivity index (χ1v) is 6.16. The van der Waals surface area contributed by atoms with Crippen molar-refractivity contribution < 1.29 is 10.0 Å². The minimum atomic E-state index is -0.588. The van der Waals surface area contributed by atoms with Gasteiger partial charge in [-0.05, 0) is 18.4 Å². The van der Waals surface area contributed by atoms with Gasteiger partial charge in [-0.2, -0.15) is 0 Å². The molecule has 0 saturated carbocycles. The monoisotopic (exact) mass is 264 g/mol. The van der Waals surface area contributed by atoms with Gasteiger partial charge in [0.15, 0.2) is 5.75 Å². The molecule has 1 atom stereocenters. The number of nitro benzene ring substituents is 1. The molecule has 6 heteroatoms. The smallest absolute Gasteiger partial charge is 0.313 e. The fourth-order valence-corrected chi connectivity index (χ4v) is 2.54. The molecule has 0 radical (unpaired) electrons. The van der Waals surface area contributed by atoms with Crippen molar-refractivity contribution in [2.24, 2.45) is 5.73 Å². The van der Waals surface area contributed by atoms with Crippen LogP contribution in [-0.4, -0.2) is 10.0 Å². The summed E-state index contributed by atoms with van der Waals surface area (Å²) in [6.45, 7) is 1.58. The predicted molar refractivity (Wildman–Crippen MR) is 69.8 cm³/mol. The lowest BCUT2D eigenvalue weighted by Gasteiger charge is -2.12. The maximum absolute atomic E-state index is 10.9. The normalized spacial score (nSPS) is 12.3. The zero-order chi connectivity index (χ0) is 13.3. The van der Waals surface area contributed by atoms with E-state index in [0.717, 1.165) is 4.88 Å². The van der Waals surface area contributed by atoms with Crippen molar-refractivity contribution in [3.8, 4) is 5.75 Å². The molecule has 2 rings (SSSR count). The Hall–Kier alpha value is -1.92. The number of nitrogens with zero attached hydrogens (tertiary/aromatic N) is 1. The largest absolute Gasteiger partial charge is 0.502 e. The molecule has 0 aliphatic heterocycles. The van der Waals surface area contributed by atoms with E-state index >= 15 is 0 Å². The number of thiophene rings is 1. The predicted octanol–water partition coefficient (Wildman–Crippen LogP) is 2.72. The molecule has 5 nitrogen and oxygen atoms in total. The third-order valence-electron chi connectivity index (χ3n) is 2.75. The van der Waals surface area contributed by atoms with E-state index in [4.69, 9.17) is 5.73 Å². The lowest BCUT2D eigenvalue weighted by molar-refractivity contribution is -0.386. The Kier molecular flexibility index (Phi) is 3.31. The number of phenolic OH excluding ortho intramolecular Hbond substituents is 1. The van der Waals surface area contributed by atoms with Crippen LogP contribution in [0.25, 0.3) is 0 Å². The highest BCUT2D eigenvalue weighted by molar-refractivity contribution is 7.10. The molecular weight excluding hydrogens is 252 g/mol. The molecule has 0 saturated heterocycles. The zero-order valence-corrected chi connectivity index (χ0v) is 10.5. The van der Waals surface area contributed by atoms with Crippen LogP contribution < -0.4 is 5.73 Å². The van der Waals surface area contributed by atoms with E-state index in [2.05, 4.69) is 0 Å². The number of rotatable bonds is 3. The molecule has 0 bridgehead atoms. The number of benzene rings is 1. The highest BCUT2D eigenvalue weighted by Gasteiger charge is 2.24. The van der Waals surface area contributed by atoms with Gasteiger partial charge in [0, 0.05) is 16.0 Å². The molecule has 1 aromatic heterocycles. The average Bonchev–Trinajstić information content (AvgIpc) is 2.81. The van der Waals surface area contributed by atoms with Gasteiger partial charge >= 0.3 is 5.69 Å². The Labute approximate surface area is 108 Å². The van der Waals surface area contributed by atoms with E-state index in [1.165, 1.54) is 11.3 Å². The summed E-state index contributed by atoms with van der Waals surface area (Å²) >= 11 is 1.45. The van der Waals surface area contributed by atoms with Crippen molar-refractivity contribution in [1.82, 2.24) is 0 Å². The lowest BCUT2D eigenvalue weighted by atomic mass is 10.0. The molecule has 2 aromatic rings. The zero-order valence-electron chi connectivity index (χ0n) is 9.66. The summed E-state index contributed by atoms with van der Waals surface area (Å²) in [7, 11) is 0. The first-order valence-electron chi connectivity index (χ1n) is 5.28. The summed E-state index contributed by atoms with van der Waals surface area (Å²) in [6.07, 6.45) is 0. The van der Waals surface area contributed by atoms with Crippen LogP contribution in [0, 0.1) is 17.0 Å². The summed E-state index contributed by atoms with van der Waals surface area (Å²) in [4.78, 5) is 11.2. The van der Waals surface area contributed by atoms with Gasteiger partial charge in [-0.3, -0.25) is 10.1 Å². The van der Waals surface area contributed by atoms with Gasteiger partial charge in [0.1, 0.15) is 0 Å². The van der Waals surface area contributed by atoms with Crippen LogP contribution in [0.2, 0.25) is 0 Å². The van der Waals surface area contributed by atoms with Gasteiger partial charge in [0.2, 0.25) is 0 Å². The summed E-state index contributed by atoms with van der Waals surface area (Å²) in [6, 6.07) is 6.35. The Morgan fingerprint density at radius 1 is 1.44 bits per heavy atom. The van der Waals surface area contributed by atoms with Crippen molar-refractivity contribution in [2.45, 2.75) is 13.0 Å². The molecule has 1 aromatic carbocycles. The number of hydrogen-bond donors (Lipinski definition) is 2. The van der Waals surface area contributed by atoms with Gasteiger partial charge < -0.3 is 10.8 Å². The SMILES string of the molecule is Cc1ccc([C@@H](N)c2cccs2)c(O)c1[N+](=O)[O-]. The molecule has 94 valence electrons. The van der Waals surface area contributed by atoms with Crippen molar-refractivity contribution in [3.63, 3.8) is 0 Å². The summed E-state index contributed by atoms with van der Waals surface area (Å²) in [5, 5.41) is 22.8. The van der Waals surface area contributed by atoms with Crippen LogP contribution in [0.5, 0.6) is 5.75 Å². The summed E-state index contributed by atoms with van der Waals surface area (Å²) in [5.74, 6) is -0.346. The van der Waals surface area contributed by atoms with Crippen molar-refractivity contribution in [3.05, 3.63) is 55.8 Å². The van der Waals surface area contributed by atoms with E-state index in [-0.39, 0.29) is 11.4 Å². The molecule has 3 N–H and O–H groups in total. The van der Waals surface area contributed by atoms with Gasteiger partial charge in [-0.25, -0.2) is 0 Å². The molecule has 0 fully saturated rings. The van der Waals surface area contributed by atoms with Crippen molar-refractivity contribution >= 4 is 17.0 Å². The summed E-state index contributed by atoms with van der Waals surface area (Å²) in [5.41, 5.74) is 6.52. The number of nitrogens with two attached hydrogens (primary N) is 1. The van der Waals surface area contributed by atoms with E-state index in [1.807, 2.05) is 17.5 Å². The van der Waals surface area contributed by atoms with Gasteiger partial charge in [0.25, 0.3) is 0 Å². The van der Waals surface area contributed by atoms with Crippen LogP contribution >= 0.6 is 11.3 Å². The first-order chi connectivity index (χ1) is 8.52. The number of hydrogen-bond acceptors (Lipinski definition) is 5. The van der Waals surface area contributed by atoms with E-state index < -0.39 is 11.0 Å². The van der Waals surface area contributed by atoms with Crippen LogP contribution in [0.1, 0.15) is 22.0 Å². The van der Waals surface area contributed by atoms with Gasteiger partial charge in [-0.15, -0.1) is 11.3 Å². The molecule has 0 aliphatic rings. The maximum Gasteiger partial charge on any atom is 0.313 e. The molecule has 0 spiro atoms. The van der Waals surface area contributed by atoms with E-state index in [1.54, 1.807) is 19.1 Å². The number of aromatic hydroxyl groups is 1. The van der Waals surface area contributed by atoms with E-state index in [0.29, 0.717) is 11.1 Å². The van der Waals surface area contributed by atoms with Crippen LogP contribution in [-0.2, 0) is 0 Å². The fourth-order valence-electron chi connectivity index (χ4n) is 1.80. The molecule has 0 aliphatic carbocycles. The number of aryl methyl sites for hydroxylation is 1. The second-order valence-corrected chi connectivity index (χ2v) is 4.90. The molecule has 0 amide bonds. The molecule has 1 heterocycles. The molecular formula is C12H12N2O3S. The highest BCUT2D eigenvalue weighted by Crippen LogP contribution is 2.38. The Balaban J connectivity index is 2.53. The second-order valence-electron chi connectivity index (χ2n) is 3.92. The number of nitro groups is 1. The summed E-state index contributed by atoms with van der Waals surface area (Å²) < 4.78 is 0. The molecule has 18 heavy (non-hydrogen) atoms. The Morgan fingerprint density at radius 3 is 2.72 bits per heavy atom. The van der Waals surface area contributed by atoms with Crippen LogP contribution in [0.3, 0.4) is 0 Å². The molecule has 0 unspecified atom stereocenters. The van der Waals surface area contributed by atoms with E-state index in [9.17, 15) is 15.2 Å². The minimum Gasteiger partial charge on any atom is -0.502 e. The minimum absolute atomic E-state index is 0.278. The standard InChI is InChI=1S/C12H12N2O3S/c1-7-4-5-8(12(15)11(7)14(16)17)10(13)9-3-2-6-18-9/h2-6,10,15H,13H2,1H3/t10-/m1/s1. The Morgan fingerprint density at radius 2 is 2.17 bits per heavy atom. The maximum atomic E-state index is 10.9. The third-order valence-corrected chi connectivity index (χ3v) is 3.71.